The number of nitrogens with two attached hydrogens (primary N) is 1. The SMILES string of the molecule is Cc1ccc(-c2c(N)n[nH]c2-c2ccccc2Cl)cc1. The van der Waals surface area contributed by atoms with Crippen LogP contribution in [0, 0.1) is 6.92 Å². The van der Waals surface area contributed by atoms with Crippen LogP contribution in [0.2, 0.25) is 5.02 Å². The molecule has 0 radical (unpaired) electrons. The number of benzene rings is 2. The highest BCUT2D eigenvalue weighted by atomic mass is 35.5. The van der Waals surface area contributed by atoms with Crippen LogP contribution < -0.4 is 5.73 Å². The van der Waals surface area contributed by atoms with E-state index in [0.717, 1.165) is 22.4 Å². The Labute approximate surface area is 122 Å². The normalized spacial score (nSPS) is 10.7. The summed E-state index contributed by atoms with van der Waals surface area (Å²) in [6.07, 6.45) is 0. The van der Waals surface area contributed by atoms with Crippen LogP contribution in [0.3, 0.4) is 0 Å². The Morgan fingerprint density at radius 2 is 1.75 bits per heavy atom. The fourth-order valence-corrected chi connectivity index (χ4v) is 2.46. The zero-order chi connectivity index (χ0) is 14.1. The van der Waals surface area contributed by atoms with Crippen molar-refractivity contribution in [1.29, 1.82) is 0 Å². The Kier molecular flexibility index (Phi) is 3.20. The third-order valence-corrected chi connectivity index (χ3v) is 3.61. The molecule has 100 valence electrons. The van der Waals surface area contributed by atoms with E-state index in [0.29, 0.717) is 10.8 Å². The zero-order valence-electron chi connectivity index (χ0n) is 11.0. The lowest BCUT2D eigenvalue weighted by atomic mass is 10.00. The highest BCUT2D eigenvalue weighted by molar-refractivity contribution is 6.33. The molecule has 1 aromatic heterocycles. The molecule has 1 heterocycles. The first-order valence-corrected chi connectivity index (χ1v) is 6.70. The van der Waals surface area contributed by atoms with Crippen molar-refractivity contribution in [2.24, 2.45) is 0 Å². The number of anilines is 1. The first-order valence-electron chi connectivity index (χ1n) is 6.32. The van der Waals surface area contributed by atoms with Crippen LogP contribution in [0.15, 0.2) is 48.5 Å². The molecular formula is C16H14ClN3. The van der Waals surface area contributed by atoms with Gasteiger partial charge in [-0.25, -0.2) is 0 Å². The molecule has 3 aromatic rings. The van der Waals surface area contributed by atoms with Crippen LogP contribution in [0.5, 0.6) is 0 Å². The molecule has 0 atom stereocenters. The Morgan fingerprint density at radius 3 is 2.45 bits per heavy atom. The predicted octanol–water partition coefficient (Wildman–Crippen LogP) is 4.29. The number of rotatable bonds is 2. The lowest BCUT2D eigenvalue weighted by molar-refractivity contribution is 1.10. The van der Waals surface area contributed by atoms with Crippen molar-refractivity contribution < 1.29 is 0 Å². The van der Waals surface area contributed by atoms with Crippen molar-refractivity contribution in [3.05, 3.63) is 59.1 Å². The molecule has 0 saturated heterocycles. The van der Waals surface area contributed by atoms with E-state index >= 15 is 0 Å². The summed E-state index contributed by atoms with van der Waals surface area (Å²) in [4.78, 5) is 0. The Morgan fingerprint density at radius 1 is 1.05 bits per heavy atom. The largest absolute Gasteiger partial charge is 0.382 e. The fourth-order valence-electron chi connectivity index (χ4n) is 2.23. The number of aryl methyl sites for hydroxylation is 1. The average Bonchev–Trinajstić information content (AvgIpc) is 2.82. The van der Waals surface area contributed by atoms with Gasteiger partial charge in [-0.1, -0.05) is 59.6 Å². The number of nitrogen functional groups attached to an aromatic ring is 1. The van der Waals surface area contributed by atoms with Crippen molar-refractivity contribution in [2.75, 3.05) is 5.73 Å². The molecule has 0 aliphatic carbocycles. The van der Waals surface area contributed by atoms with Gasteiger partial charge >= 0.3 is 0 Å². The van der Waals surface area contributed by atoms with Crippen molar-refractivity contribution in [3.63, 3.8) is 0 Å². The summed E-state index contributed by atoms with van der Waals surface area (Å²) in [6.45, 7) is 2.05. The van der Waals surface area contributed by atoms with Gasteiger partial charge in [-0.2, -0.15) is 5.10 Å². The molecule has 0 spiro atoms. The van der Waals surface area contributed by atoms with Crippen LogP contribution in [0.4, 0.5) is 5.82 Å². The average molecular weight is 284 g/mol. The second kappa shape index (κ2) is 5.02. The first kappa shape index (κ1) is 12.8. The first-order chi connectivity index (χ1) is 9.66. The molecule has 20 heavy (non-hydrogen) atoms. The number of hydrogen-bond donors (Lipinski definition) is 2. The van der Waals surface area contributed by atoms with Gasteiger partial charge in [0, 0.05) is 10.6 Å². The monoisotopic (exact) mass is 283 g/mol. The zero-order valence-corrected chi connectivity index (χ0v) is 11.8. The van der Waals surface area contributed by atoms with Gasteiger partial charge in [0.15, 0.2) is 5.82 Å². The molecule has 0 saturated carbocycles. The maximum Gasteiger partial charge on any atom is 0.153 e. The summed E-state index contributed by atoms with van der Waals surface area (Å²) in [5, 5.41) is 7.78. The van der Waals surface area contributed by atoms with Gasteiger partial charge in [0.05, 0.1) is 11.3 Å². The van der Waals surface area contributed by atoms with Gasteiger partial charge in [-0.3, -0.25) is 5.10 Å². The smallest absolute Gasteiger partial charge is 0.153 e. The summed E-state index contributed by atoms with van der Waals surface area (Å²) in [5.41, 5.74) is 10.9. The molecule has 0 unspecified atom stereocenters. The van der Waals surface area contributed by atoms with E-state index in [1.165, 1.54) is 5.56 Å². The summed E-state index contributed by atoms with van der Waals surface area (Å²) in [7, 11) is 0. The highest BCUT2D eigenvalue weighted by Gasteiger charge is 2.16. The highest BCUT2D eigenvalue weighted by Crippen LogP contribution is 2.37. The summed E-state index contributed by atoms with van der Waals surface area (Å²) in [5.74, 6) is 0.476. The number of H-pyrrole nitrogens is 1. The van der Waals surface area contributed by atoms with E-state index in [-0.39, 0.29) is 0 Å². The molecule has 3 nitrogen and oxygen atoms in total. The molecule has 0 amide bonds. The topological polar surface area (TPSA) is 54.7 Å². The van der Waals surface area contributed by atoms with Gasteiger partial charge < -0.3 is 5.73 Å². The Balaban J connectivity index is 2.20. The van der Waals surface area contributed by atoms with Crippen molar-refractivity contribution >= 4 is 17.4 Å². The van der Waals surface area contributed by atoms with E-state index in [1.807, 2.05) is 36.4 Å². The van der Waals surface area contributed by atoms with Crippen LogP contribution in [0.25, 0.3) is 22.4 Å². The van der Waals surface area contributed by atoms with Crippen molar-refractivity contribution in [3.8, 4) is 22.4 Å². The van der Waals surface area contributed by atoms with E-state index in [9.17, 15) is 0 Å². The van der Waals surface area contributed by atoms with E-state index in [4.69, 9.17) is 17.3 Å². The lowest BCUT2D eigenvalue weighted by Gasteiger charge is -2.07. The van der Waals surface area contributed by atoms with Gasteiger partial charge in [-0.05, 0) is 18.6 Å². The molecular weight excluding hydrogens is 270 g/mol. The molecule has 4 heteroatoms. The van der Waals surface area contributed by atoms with E-state index in [2.05, 4.69) is 29.3 Å². The third kappa shape index (κ3) is 2.17. The molecule has 0 aliphatic heterocycles. The summed E-state index contributed by atoms with van der Waals surface area (Å²) in [6, 6.07) is 15.8. The summed E-state index contributed by atoms with van der Waals surface area (Å²) >= 11 is 6.26. The minimum Gasteiger partial charge on any atom is -0.382 e. The fraction of sp³-hybridized carbons (Fsp3) is 0.0625. The Bertz CT molecular complexity index is 745. The number of aromatic amines is 1. The van der Waals surface area contributed by atoms with E-state index < -0.39 is 0 Å². The molecule has 3 rings (SSSR count). The standard InChI is InChI=1S/C16H14ClN3/c1-10-6-8-11(9-7-10)14-15(19-20-16(14)18)12-4-2-3-5-13(12)17/h2-9H,1H3,(H3,18,19,20). The molecule has 3 N–H and O–H groups in total. The van der Waals surface area contributed by atoms with Gasteiger partial charge in [0.25, 0.3) is 0 Å². The molecule has 0 fully saturated rings. The van der Waals surface area contributed by atoms with Crippen LogP contribution in [-0.2, 0) is 0 Å². The molecule has 2 aromatic carbocycles. The summed E-state index contributed by atoms with van der Waals surface area (Å²) < 4.78 is 0. The number of halogens is 1. The van der Waals surface area contributed by atoms with E-state index in [1.54, 1.807) is 0 Å². The number of nitrogens with zero attached hydrogens (tertiary/aromatic N) is 1. The van der Waals surface area contributed by atoms with Crippen LogP contribution >= 0.6 is 11.6 Å². The van der Waals surface area contributed by atoms with Gasteiger partial charge in [-0.15, -0.1) is 0 Å². The minimum atomic E-state index is 0.476. The van der Waals surface area contributed by atoms with Crippen LogP contribution in [-0.4, -0.2) is 10.2 Å². The lowest BCUT2D eigenvalue weighted by Crippen LogP contribution is -1.89. The number of nitrogens with one attached hydrogen (secondary N) is 1. The third-order valence-electron chi connectivity index (χ3n) is 3.28. The number of hydrogen-bond acceptors (Lipinski definition) is 2. The van der Waals surface area contributed by atoms with Crippen LogP contribution in [0.1, 0.15) is 5.56 Å². The maximum atomic E-state index is 6.26. The predicted molar refractivity (Wildman–Crippen MR) is 83.6 cm³/mol. The second-order valence-electron chi connectivity index (χ2n) is 4.70. The van der Waals surface area contributed by atoms with Crippen molar-refractivity contribution in [1.82, 2.24) is 10.2 Å². The van der Waals surface area contributed by atoms with Crippen molar-refractivity contribution in [2.45, 2.75) is 6.92 Å². The van der Waals surface area contributed by atoms with Gasteiger partial charge in [0.1, 0.15) is 0 Å². The maximum absolute atomic E-state index is 6.26. The Hall–Kier alpha value is -2.26. The second-order valence-corrected chi connectivity index (χ2v) is 5.11. The molecule has 0 aliphatic rings. The quantitative estimate of drug-likeness (QED) is 0.737. The molecule has 0 bridgehead atoms. The number of aromatic nitrogens is 2. The minimum absolute atomic E-state index is 0.476. The van der Waals surface area contributed by atoms with Gasteiger partial charge in [0.2, 0.25) is 0 Å².